The summed E-state index contributed by atoms with van der Waals surface area (Å²) >= 11 is 0. The number of rotatable bonds is 2. The molecule has 5 N–H and O–H groups in total. The van der Waals surface area contributed by atoms with Crippen molar-refractivity contribution in [2.24, 2.45) is 16.5 Å². The SMILES string of the molecule is CO.NC(N)=NCc1ccccc1. The Kier molecular flexibility index (Phi) is 6.27. The van der Waals surface area contributed by atoms with Gasteiger partial charge in [-0.15, -0.1) is 0 Å². The van der Waals surface area contributed by atoms with Crippen molar-refractivity contribution in [3.05, 3.63) is 35.9 Å². The second-order valence-corrected chi connectivity index (χ2v) is 2.23. The first-order valence-electron chi connectivity index (χ1n) is 3.83. The minimum atomic E-state index is 0.133. The first kappa shape index (κ1) is 11.4. The van der Waals surface area contributed by atoms with Crippen LogP contribution in [0.5, 0.6) is 0 Å². The van der Waals surface area contributed by atoms with Crippen LogP contribution in [0.15, 0.2) is 35.3 Å². The third-order valence-corrected chi connectivity index (χ3v) is 1.29. The van der Waals surface area contributed by atoms with E-state index < -0.39 is 0 Å². The zero-order chi connectivity index (χ0) is 10.1. The van der Waals surface area contributed by atoms with Crippen molar-refractivity contribution >= 4 is 5.96 Å². The number of aliphatic imine (C=N–C) groups is 1. The normalized spacial score (nSPS) is 8.15. The summed E-state index contributed by atoms with van der Waals surface area (Å²) in [5.74, 6) is 0.133. The lowest BCUT2D eigenvalue weighted by molar-refractivity contribution is 0.399. The Bertz CT molecular complexity index is 242. The summed E-state index contributed by atoms with van der Waals surface area (Å²) in [5.41, 5.74) is 11.4. The number of aliphatic hydroxyl groups excluding tert-OH is 1. The van der Waals surface area contributed by atoms with E-state index in [-0.39, 0.29) is 5.96 Å². The fourth-order valence-corrected chi connectivity index (χ4v) is 0.766. The molecule has 0 aliphatic rings. The monoisotopic (exact) mass is 181 g/mol. The molecule has 4 heteroatoms. The summed E-state index contributed by atoms with van der Waals surface area (Å²) in [6.45, 7) is 0.559. The van der Waals surface area contributed by atoms with Crippen LogP contribution in [-0.4, -0.2) is 18.2 Å². The van der Waals surface area contributed by atoms with Crippen LogP contribution in [0, 0.1) is 0 Å². The lowest BCUT2D eigenvalue weighted by Crippen LogP contribution is -2.22. The lowest BCUT2D eigenvalue weighted by Gasteiger charge is -1.94. The summed E-state index contributed by atoms with van der Waals surface area (Å²) in [6.07, 6.45) is 0. The lowest BCUT2D eigenvalue weighted by atomic mass is 10.2. The van der Waals surface area contributed by atoms with E-state index in [9.17, 15) is 0 Å². The number of guanidine groups is 1. The van der Waals surface area contributed by atoms with Crippen LogP contribution in [-0.2, 0) is 6.54 Å². The van der Waals surface area contributed by atoms with Crippen LogP contribution in [0.2, 0.25) is 0 Å². The molecule has 0 fully saturated rings. The zero-order valence-corrected chi connectivity index (χ0v) is 7.64. The molecule has 1 aromatic rings. The van der Waals surface area contributed by atoms with Crippen LogP contribution in [0.4, 0.5) is 0 Å². The van der Waals surface area contributed by atoms with E-state index in [2.05, 4.69) is 4.99 Å². The Hall–Kier alpha value is -1.55. The quantitative estimate of drug-likeness (QED) is 0.446. The smallest absolute Gasteiger partial charge is 0.186 e. The number of aliphatic hydroxyl groups is 1. The highest BCUT2D eigenvalue weighted by molar-refractivity contribution is 5.75. The van der Waals surface area contributed by atoms with Gasteiger partial charge in [0.1, 0.15) is 0 Å². The topological polar surface area (TPSA) is 84.6 Å². The maximum Gasteiger partial charge on any atom is 0.186 e. The van der Waals surface area contributed by atoms with Crippen molar-refractivity contribution in [2.45, 2.75) is 6.54 Å². The van der Waals surface area contributed by atoms with Crippen LogP contribution in [0.25, 0.3) is 0 Å². The molecule has 0 aliphatic heterocycles. The molecule has 72 valence electrons. The Labute approximate surface area is 77.9 Å². The summed E-state index contributed by atoms with van der Waals surface area (Å²) in [4.78, 5) is 3.87. The first-order valence-corrected chi connectivity index (χ1v) is 3.83. The molecule has 0 radical (unpaired) electrons. The van der Waals surface area contributed by atoms with E-state index in [1.54, 1.807) is 0 Å². The molecule has 0 amide bonds. The second-order valence-electron chi connectivity index (χ2n) is 2.23. The number of hydrogen-bond donors (Lipinski definition) is 3. The summed E-state index contributed by atoms with van der Waals surface area (Å²) in [6, 6.07) is 9.83. The Balaban J connectivity index is 0.000000671. The highest BCUT2D eigenvalue weighted by Crippen LogP contribution is 1.98. The van der Waals surface area contributed by atoms with Gasteiger partial charge >= 0.3 is 0 Å². The van der Waals surface area contributed by atoms with Crippen molar-refractivity contribution in [3.8, 4) is 0 Å². The standard InChI is InChI=1S/C8H11N3.CH4O/c9-8(10)11-6-7-4-2-1-3-5-7;1-2/h1-5H,6H2,(H4,9,10,11);2H,1H3. The van der Waals surface area contributed by atoms with Crippen molar-refractivity contribution in [1.29, 1.82) is 0 Å². The van der Waals surface area contributed by atoms with Crippen molar-refractivity contribution in [3.63, 3.8) is 0 Å². The molecule has 0 saturated heterocycles. The number of nitrogens with zero attached hydrogens (tertiary/aromatic N) is 1. The van der Waals surface area contributed by atoms with Gasteiger partial charge < -0.3 is 16.6 Å². The average Bonchev–Trinajstić information content (AvgIpc) is 2.19. The summed E-state index contributed by atoms with van der Waals surface area (Å²) in [7, 11) is 1.00. The molecule has 0 aliphatic carbocycles. The first-order chi connectivity index (χ1) is 6.29. The van der Waals surface area contributed by atoms with Gasteiger partial charge in [-0.05, 0) is 5.56 Å². The molecule has 0 aromatic heterocycles. The van der Waals surface area contributed by atoms with Gasteiger partial charge in [-0.3, -0.25) is 0 Å². The summed E-state index contributed by atoms with van der Waals surface area (Å²) in [5, 5.41) is 7.00. The zero-order valence-electron chi connectivity index (χ0n) is 7.64. The predicted molar refractivity (Wildman–Crippen MR) is 54.1 cm³/mol. The van der Waals surface area contributed by atoms with Crippen molar-refractivity contribution in [2.75, 3.05) is 7.11 Å². The molecule has 0 atom stereocenters. The predicted octanol–water partition coefficient (Wildman–Crippen LogP) is 0.0685. The van der Waals surface area contributed by atoms with Gasteiger partial charge in [-0.25, -0.2) is 4.99 Å². The Morgan fingerprint density at radius 2 is 1.77 bits per heavy atom. The van der Waals surface area contributed by atoms with Gasteiger partial charge in [0.05, 0.1) is 6.54 Å². The van der Waals surface area contributed by atoms with E-state index in [0.29, 0.717) is 6.54 Å². The molecule has 1 rings (SSSR count). The molecule has 0 bridgehead atoms. The fourth-order valence-electron chi connectivity index (χ4n) is 0.766. The minimum absolute atomic E-state index is 0.133. The van der Waals surface area contributed by atoms with Crippen LogP contribution in [0.1, 0.15) is 5.56 Å². The largest absolute Gasteiger partial charge is 0.400 e. The molecule has 1 aromatic carbocycles. The van der Waals surface area contributed by atoms with E-state index >= 15 is 0 Å². The van der Waals surface area contributed by atoms with E-state index in [0.717, 1.165) is 12.7 Å². The van der Waals surface area contributed by atoms with Crippen LogP contribution < -0.4 is 11.5 Å². The fraction of sp³-hybridized carbons (Fsp3) is 0.222. The van der Waals surface area contributed by atoms with Gasteiger partial charge in [0.2, 0.25) is 0 Å². The minimum Gasteiger partial charge on any atom is -0.400 e. The molecular weight excluding hydrogens is 166 g/mol. The van der Waals surface area contributed by atoms with Crippen LogP contribution >= 0.6 is 0 Å². The third-order valence-electron chi connectivity index (χ3n) is 1.29. The third kappa shape index (κ3) is 5.69. The number of hydrogen-bond acceptors (Lipinski definition) is 2. The Morgan fingerprint density at radius 3 is 2.23 bits per heavy atom. The van der Waals surface area contributed by atoms with E-state index in [1.807, 2.05) is 30.3 Å². The van der Waals surface area contributed by atoms with Gasteiger partial charge in [0.25, 0.3) is 0 Å². The van der Waals surface area contributed by atoms with Gasteiger partial charge in [-0.1, -0.05) is 30.3 Å². The van der Waals surface area contributed by atoms with Gasteiger partial charge in [0, 0.05) is 7.11 Å². The molecule has 0 unspecified atom stereocenters. The summed E-state index contributed by atoms with van der Waals surface area (Å²) < 4.78 is 0. The van der Waals surface area contributed by atoms with E-state index in [1.165, 1.54) is 0 Å². The molecule has 0 heterocycles. The second kappa shape index (κ2) is 7.12. The average molecular weight is 181 g/mol. The molecule has 0 spiro atoms. The van der Waals surface area contributed by atoms with Crippen LogP contribution in [0.3, 0.4) is 0 Å². The maximum atomic E-state index is 7.00. The van der Waals surface area contributed by atoms with Crippen molar-refractivity contribution < 1.29 is 5.11 Å². The van der Waals surface area contributed by atoms with Gasteiger partial charge in [-0.2, -0.15) is 0 Å². The van der Waals surface area contributed by atoms with Gasteiger partial charge in [0.15, 0.2) is 5.96 Å². The highest BCUT2D eigenvalue weighted by Gasteiger charge is 1.86. The number of nitrogens with two attached hydrogens (primary N) is 2. The molecular formula is C9H15N3O. The number of benzene rings is 1. The van der Waals surface area contributed by atoms with E-state index in [4.69, 9.17) is 16.6 Å². The molecule has 0 saturated carbocycles. The Morgan fingerprint density at radius 1 is 1.23 bits per heavy atom. The molecule has 4 nitrogen and oxygen atoms in total. The maximum absolute atomic E-state index is 7.00. The van der Waals surface area contributed by atoms with Crippen molar-refractivity contribution in [1.82, 2.24) is 0 Å². The highest BCUT2D eigenvalue weighted by atomic mass is 16.2. The molecule has 13 heavy (non-hydrogen) atoms.